The molecule has 2 heterocycles. The van der Waals surface area contributed by atoms with Crippen LogP contribution in [0, 0.1) is 0 Å². The summed E-state index contributed by atoms with van der Waals surface area (Å²) < 4.78 is 1.96. The fourth-order valence-corrected chi connectivity index (χ4v) is 2.86. The van der Waals surface area contributed by atoms with Gasteiger partial charge in [-0.2, -0.15) is 5.10 Å². The molecule has 0 spiro atoms. The first-order valence-electron chi connectivity index (χ1n) is 6.05. The van der Waals surface area contributed by atoms with E-state index in [9.17, 15) is 0 Å². The summed E-state index contributed by atoms with van der Waals surface area (Å²) in [4.78, 5) is 1.43. The topological polar surface area (TPSA) is 29.9 Å². The minimum absolute atomic E-state index is 0.467. The van der Waals surface area contributed by atoms with Crippen LogP contribution in [0.5, 0.6) is 0 Å². The average Bonchev–Trinajstić information content (AvgIpc) is 2.96. The lowest BCUT2D eigenvalue weighted by molar-refractivity contribution is 0.513. The van der Waals surface area contributed by atoms with E-state index in [0.717, 1.165) is 19.4 Å². The third-order valence-corrected chi connectivity index (χ3v) is 3.93. The van der Waals surface area contributed by atoms with Gasteiger partial charge in [0.05, 0.1) is 0 Å². The Kier molecular flexibility index (Phi) is 4.34. The van der Waals surface area contributed by atoms with Gasteiger partial charge in [0.15, 0.2) is 0 Å². The highest BCUT2D eigenvalue weighted by Crippen LogP contribution is 2.23. The van der Waals surface area contributed by atoms with E-state index in [1.807, 2.05) is 29.3 Å². The molecule has 0 aliphatic rings. The van der Waals surface area contributed by atoms with E-state index in [1.54, 1.807) is 0 Å². The van der Waals surface area contributed by atoms with Crippen molar-refractivity contribution in [3.05, 3.63) is 40.3 Å². The molecule has 0 fully saturated rings. The Hall–Kier alpha value is -1.13. The maximum Gasteiger partial charge on any atom is 0.0492 e. The largest absolute Gasteiger partial charge is 0.310 e. The molecule has 1 N–H and O–H groups in total. The van der Waals surface area contributed by atoms with E-state index in [2.05, 4.69) is 40.9 Å². The Morgan fingerprint density at radius 1 is 1.47 bits per heavy atom. The maximum absolute atomic E-state index is 4.20. The number of rotatable bonds is 6. The van der Waals surface area contributed by atoms with Crippen LogP contribution in [0.25, 0.3) is 0 Å². The number of nitrogens with zero attached hydrogens (tertiary/aromatic N) is 2. The van der Waals surface area contributed by atoms with Crippen LogP contribution in [-0.4, -0.2) is 16.3 Å². The molecule has 2 aromatic rings. The van der Waals surface area contributed by atoms with Gasteiger partial charge in [0.2, 0.25) is 0 Å². The van der Waals surface area contributed by atoms with Gasteiger partial charge in [0.25, 0.3) is 0 Å². The van der Waals surface area contributed by atoms with E-state index in [-0.39, 0.29) is 0 Å². The molecule has 1 unspecified atom stereocenters. The summed E-state index contributed by atoms with van der Waals surface area (Å²) in [6.45, 7) is 3.17. The first-order valence-corrected chi connectivity index (χ1v) is 6.93. The van der Waals surface area contributed by atoms with Crippen LogP contribution in [0.15, 0.2) is 29.8 Å². The van der Waals surface area contributed by atoms with E-state index in [0.29, 0.717) is 6.04 Å². The highest BCUT2D eigenvalue weighted by Gasteiger charge is 2.12. The van der Waals surface area contributed by atoms with Gasteiger partial charge in [-0.1, -0.05) is 13.0 Å². The maximum atomic E-state index is 4.20. The van der Waals surface area contributed by atoms with Crippen LogP contribution in [0.4, 0.5) is 0 Å². The Balaban J connectivity index is 1.97. The molecule has 0 bridgehead atoms. The smallest absolute Gasteiger partial charge is 0.0492 e. The predicted molar refractivity (Wildman–Crippen MR) is 72.3 cm³/mol. The Labute approximate surface area is 106 Å². The third-order valence-electron chi connectivity index (χ3n) is 2.95. The van der Waals surface area contributed by atoms with Gasteiger partial charge < -0.3 is 5.32 Å². The lowest BCUT2D eigenvalue weighted by Crippen LogP contribution is -2.20. The summed E-state index contributed by atoms with van der Waals surface area (Å²) in [5, 5.41) is 9.89. The molecule has 2 rings (SSSR count). The lowest BCUT2D eigenvalue weighted by atomic mass is 10.1. The first kappa shape index (κ1) is 12.3. The summed E-state index contributed by atoms with van der Waals surface area (Å²) in [6, 6.07) is 6.89. The van der Waals surface area contributed by atoms with Crippen molar-refractivity contribution in [2.45, 2.75) is 25.8 Å². The van der Waals surface area contributed by atoms with E-state index < -0.39 is 0 Å². The Bertz CT molecular complexity index is 433. The van der Waals surface area contributed by atoms with Crippen molar-refractivity contribution >= 4 is 11.3 Å². The van der Waals surface area contributed by atoms with Crippen LogP contribution in [0.1, 0.15) is 30.0 Å². The molecule has 0 saturated carbocycles. The van der Waals surface area contributed by atoms with Crippen molar-refractivity contribution in [3.8, 4) is 0 Å². The zero-order valence-electron chi connectivity index (χ0n) is 10.4. The molecule has 0 aliphatic heterocycles. The number of aryl methyl sites for hydroxylation is 2. The third kappa shape index (κ3) is 3.17. The van der Waals surface area contributed by atoms with Crippen LogP contribution < -0.4 is 5.32 Å². The number of thiophene rings is 1. The molecule has 4 heteroatoms. The second kappa shape index (κ2) is 5.98. The van der Waals surface area contributed by atoms with Crippen LogP contribution in [-0.2, 0) is 13.5 Å². The van der Waals surface area contributed by atoms with Gasteiger partial charge in [0.1, 0.15) is 0 Å². The van der Waals surface area contributed by atoms with Gasteiger partial charge in [-0.3, -0.25) is 4.68 Å². The zero-order chi connectivity index (χ0) is 12.1. The van der Waals surface area contributed by atoms with Crippen LogP contribution in [0.2, 0.25) is 0 Å². The number of nitrogens with one attached hydrogen (secondary N) is 1. The fraction of sp³-hybridized carbons (Fsp3) is 0.462. The van der Waals surface area contributed by atoms with Crippen molar-refractivity contribution < 1.29 is 0 Å². The molecule has 0 aromatic carbocycles. The molecule has 1 atom stereocenters. The van der Waals surface area contributed by atoms with Crippen molar-refractivity contribution in [2.24, 2.45) is 7.05 Å². The summed E-state index contributed by atoms with van der Waals surface area (Å²) >= 11 is 1.83. The van der Waals surface area contributed by atoms with Gasteiger partial charge in [-0.05, 0) is 36.9 Å². The highest BCUT2D eigenvalue weighted by atomic mass is 32.1. The highest BCUT2D eigenvalue weighted by molar-refractivity contribution is 7.10. The van der Waals surface area contributed by atoms with E-state index >= 15 is 0 Å². The summed E-state index contributed by atoms with van der Waals surface area (Å²) in [6.07, 6.45) is 4.04. The Morgan fingerprint density at radius 2 is 2.35 bits per heavy atom. The second-order valence-electron chi connectivity index (χ2n) is 4.11. The fourth-order valence-electron chi connectivity index (χ4n) is 2.02. The molecular weight excluding hydrogens is 230 g/mol. The predicted octanol–water partition coefficient (Wildman–Crippen LogP) is 2.77. The standard InChI is InChI=1S/C13H19N3S/c1-3-14-12(13-5-4-10-17-13)7-6-11-8-9-15-16(11)2/h4-5,8-10,12,14H,3,6-7H2,1-2H3. The molecule has 0 saturated heterocycles. The number of aromatic nitrogens is 2. The molecule has 2 aromatic heterocycles. The second-order valence-corrected chi connectivity index (χ2v) is 5.09. The van der Waals surface area contributed by atoms with E-state index in [4.69, 9.17) is 0 Å². The molecule has 17 heavy (non-hydrogen) atoms. The van der Waals surface area contributed by atoms with Crippen molar-refractivity contribution in [1.82, 2.24) is 15.1 Å². The molecular formula is C13H19N3S. The average molecular weight is 249 g/mol. The van der Waals surface area contributed by atoms with Gasteiger partial charge in [0, 0.05) is 29.9 Å². The molecule has 3 nitrogen and oxygen atoms in total. The molecule has 92 valence electrons. The molecule has 0 aliphatic carbocycles. The normalized spacial score (nSPS) is 12.8. The first-order chi connectivity index (χ1) is 8.31. The van der Waals surface area contributed by atoms with Crippen molar-refractivity contribution in [3.63, 3.8) is 0 Å². The zero-order valence-corrected chi connectivity index (χ0v) is 11.2. The van der Waals surface area contributed by atoms with Crippen molar-refractivity contribution in [2.75, 3.05) is 6.54 Å². The molecule has 0 amide bonds. The minimum Gasteiger partial charge on any atom is -0.310 e. The summed E-state index contributed by atoms with van der Waals surface area (Å²) in [7, 11) is 2.00. The van der Waals surface area contributed by atoms with Gasteiger partial charge in [-0.15, -0.1) is 11.3 Å². The van der Waals surface area contributed by atoms with Gasteiger partial charge >= 0.3 is 0 Å². The summed E-state index contributed by atoms with van der Waals surface area (Å²) in [5.74, 6) is 0. The number of hydrogen-bond donors (Lipinski definition) is 1. The van der Waals surface area contributed by atoms with Crippen LogP contribution >= 0.6 is 11.3 Å². The van der Waals surface area contributed by atoms with Gasteiger partial charge in [-0.25, -0.2) is 0 Å². The Morgan fingerprint density at radius 3 is 2.94 bits per heavy atom. The quantitative estimate of drug-likeness (QED) is 0.853. The summed E-state index contributed by atoms with van der Waals surface area (Å²) in [5.41, 5.74) is 1.30. The SMILES string of the molecule is CCNC(CCc1ccnn1C)c1cccs1. The molecule has 0 radical (unpaired) electrons. The van der Waals surface area contributed by atoms with E-state index in [1.165, 1.54) is 10.6 Å². The lowest BCUT2D eigenvalue weighted by Gasteiger charge is -2.16. The monoisotopic (exact) mass is 249 g/mol. The van der Waals surface area contributed by atoms with Crippen LogP contribution in [0.3, 0.4) is 0 Å². The van der Waals surface area contributed by atoms with Crippen molar-refractivity contribution in [1.29, 1.82) is 0 Å². The minimum atomic E-state index is 0.467. The number of hydrogen-bond acceptors (Lipinski definition) is 3.